The zero-order chi connectivity index (χ0) is 11.5. The Morgan fingerprint density at radius 3 is 2.47 bits per heavy atom. The Bertz CT molecular complexity index is 361. The molecule has 4 nitrogen and oxygen atoms in total. The number of methoxy groups -OCH3 is 1. The third-order valence-corrected chi connectivity index (χ3v) is 2.01. The van der Waals surface area contributed by atoms with E-state index >= 15 is 0 Å². The van der Waals surface area contributed by atoms with Gasteiger partial charge in [0.1, 0.15) is 11.5 Å². The van der Waals surface area contributed by atoms with Crippen LogP contribution in [0, 0.1) is 0 Å². The number of benzene rings is 1. The number of amides is 1. The molecule has 0 saturated carbocycles. The van der Waals surface area contributed by atoms with Gasteiger partial charge in [0.15, 0.2) is 5.60 Å². The van der Waals surface area contributed by atoms with Crippen LogP contribution in [-0.2, 0) is 4.79 Å². The van der Waals surface area contributed by atoms with Crippen molar-refractivity contribution in [3.63, 3.8) is 0 Å². The van der Waals surface area contributed by atoms with E-state index in [1.54, 1.807) is 45.2 Å². The lowest BCUT2D eigenvalue weighted by Crippen LogP contribution is -2.43. The molecule has 0 aromatic heterocycles. The van der Waals surface area contributed by atoms with Gasteiger partial charge in [0.2, 0.25) is 0 Å². The van der Waals surface area contributed by atoms with Crippen LogP contribution in [-0.4, -0.2) is 18.6 Å². The smallest absolute Gasteiger partial charge is 0.261 e. The van der Waals surface area contributed by atoms with Crippen molar-refractivity contribution < 1.29 is 14.3 Å². The van der Waals surface area contributed by atoms with Gasteiger partial charge in [-0.25, -0.2) is 0 Å². The molecule has 0 radical (unpaired) electrons. The van der Waals surface area contributed by atoms with E-state index in [0.29, 0.717) is 11.5 Å². The molecule has 0 aliphatic carbocycles. The Hall–Kier alpha value is -1.71. The fourth-order valence-corrected chi connectivity index (χ4v) is 1.01. The van der Waals surface area contributed by atoms with Gasteiger partial charge in [-0.3, -0.25) is 4.79 Å². The number of hydrogen-bond acceptors (Lipinski definition) is 3. The predicted molar refractivity (Wildman–Crippen MR) is 56.9 cm³/mol. The van der Waals surface area contributed by atoms with E-state index in [9.17, 15) is 4.79 Å². The minimum atomic E-state index is -1.02. The van der Waals surface area contributed by atoms with Gasteiger partial charge < -0.3 is 15.2 Å². The third-order valence-electron chi connectivity index (χ3n) is 2.01. The lowest BCUT2D eigenvalue weighted by atomic mass is 10.1. The molecule has 1 rings (SSSR count). The van der Waals surface area contributed by atoms with Crippen molar-refractivity contribution >= 4 is 5.91 Å². The van der Waals surface area contributed by atoms with E-state index in [2.05, 4.69) is 0 Å². The van der Waals surface area contributed by atoms with Crippen LogP contribution in [0.3, 0.4) is 0 Å². The summed E-state index contributed by atoms with van der Waals surface area (Å²) in [5.74, 6) is 0.719. The van der Waals surface area contributed by atoms with E-state index < -0.39 is 11.5 Å². The van der Waals surface area contributed by atoms with Crippen molar-refractivity contribution in [2.45, 2.75) is 19.4 Å². The first kappa shape index (κ1) is 11.4. The summed E-state index contributed by atoms with van der Waals surface area (Å²) in [5.41, 5.74) is 4.17. The number of ether oxygens (including phenoxy) is 2. The van der Waals surface area contributed by atoms with Gasteiger partial charge in [0, 0.05) is 6.07 Å². The molecule has 1 aromatic carbocycles. The standard InChI is InChI=1S/C11H15NO3/c1-11(2,10(12)13)15-9-6-4-5-8(7-9)14-3/h4-7H,1-3H3,(H2,12,13). The molecular formula is C11H15NO3. The maximum atomic E-state index is 11.0. The van der Waals surface area contributed by atoms with Crippen LogP contribution >= 0.6 is 0 Å². The highest BCUT2D eigenvalue weighted by Crippen LogP contribution is 2.22. The molecule has 0 fully saturated rings. The van der Waals surface area contributed by atoms with E-state index in [4.69, 9.17) is 15.2 Å². The molecule has 82 valence electrons. The Kier molecular flexibility index (Phi) is 3.19. The highest BCUT2D eigenvalue weighted by molar-refractivity contribution is 5.82. The van der Waals surface area contributed by atoms with Gasteiger partial charge in [0.25, 0.3) is 5.91 Å². The maximum absolute atomic E-state index is 11.0. The van der Waals surface area contributed by atoms with E-state index in [1.807, 2.05) is 0 Å². The molecule has 0 saturated heterocycles. The Morgan fingerprint density at radius 1 is 1.33 bits per heavy atom. The molecule has 1 aromatic rings. The monoisotopic (exact) mass is 209 g/mol. The molecule has 0 bridgehead atoms. The van der Waals surface area contributed by atoms with Crippen LogP contribution in [0.4, 0.5) is 0 Å². The van der Waals surface area contributed by atoms with Gasteiger partial charge in [0.05, 0.1) is 7.11 Å². The fraction of sp³-hybridized carbons (Fsp3) is 0.364. The number of primary amides is 1. The second-order valence-corrected chi connectivity index (χ2v) is 3.66. The number of carbonyl (C=O) groups excluding carboxylic acids is 1. The van der Waals surface area contributed by atoms with E-state index in [-0.39, 0.29) is 0 Å². The maximum Gasteiger partial charge on any atom is 0.261 e. The summed E-state index contributed by atoms with van der Waals surface area (Å²) in [6.07, 6.45) is 0. The van der Waals surface area contributed by atoms with Crippen molar-refractivity contribution in [2.24, 2.45) is 5.73 Å². The Labute approximate surface area is 89.0 Å². The van der Waals surface area contributed by atoms with Gasteiger partial charge in [-0.2, -0.15) is 0 Å². The van der Waals surface area contributed by atoms with Gasteiger partial charge in [-0.05, 0) is 26.0 Å². The van der Waals surface area contributed by atoms with Crippen molar-refractivity contribution in [3.05, 3.63) is 24.3 Å². The van der Waals surface area contributed by atoms with Crippen molar-refractivity contribution in [1.82, 2.24) is 0 Å². The molecule has 0 atom stereocenters. The second-order valence-electron chi connectivity index (χ2n) is 3.66. The summed E-state index contributed by atoms with van der Waals surface area (Å²) in [6.45, 7) is 3.24. The molecule has 0 spiro atoms. The molecule has 0 unspecified atom stereocenters. The number of nitrogens with two attached hydrogens (primary N) is 1. The van der Waals surface area contributed by atoms with Crippen LogP contribution in [0.1, 0.15) is 13.8 Å². The molecule has 2 N–H and O–H groups in total. The van der Waals surface area contributed by atoms with Gasteiger partial charge in [-0.15, -0.1) is 0 Å². The molecule has 0 aliphatic heterocycles. The molecule has 4 heteroatoms. The molecule has 0 heterocycles. The van der Waals surface area contributed by atoms with E-state index in [0.717, 1.165) is 0 Å². The highest BCUT2D eigenvalue weighted by Gasteiger charge is 2.27. The van der Waals surface area contributed by atoms with Gasteiger partial charge >= 0.3 is 0 Å². The summed E-state index contributed by atoms with van der Waals surface area (Å²) in [6, 6.07) is 7.02. The van der Waals surface area contributed by atoms with Crippen molar-refractivity contribution in [1.29, 1.82) is 0 Å². The van der Waals surface area contributed by atoms with Crippen molar-refractivity contribution in [3.8, 4) is 11.5 Å². The minimum absolute atomic E-state index is 0.509. The summed E-state index contributed by atoms with van der Waals surface area (Å²) in [7, 11) is 1.57. The average molecular weight is 209 g/mol. The average Bonchev–Trinajstić information content (AvgIpc) is 2.17. The first-order valence-electron chi connectivity index (χ1n) is 4.58. The van der Waals surface area contributed by atoms with Crippen LogP contribution in [0.5, 0.6) is 11.5 Å². The number of rotatable bonds is 4. The second kappa shape index (κ2) is 4.21. The van der Waals surface area contributed by atoms with Crippen LogP contribution in [0.2, 0.25) is 0 Å². The van der Waals surface area contributed by atoms with Crippen LogP contribution in [0.25, 0.3) is 0 Å². The topological polar surface area (TPSA) is 61.6 Å². The lowest BCUT2D eigenvalue weighted by molar-refractivity contribution is -0.130. The SMILES string of the molecule is COc1cccc(OC(C)(C)C(N)=O)c1. The van der Waals surface area contributed by atoms with Crippen LogP contribution < -0.4 is 15.2 Å². The summed E-state index contributed by atoms with van der Waals surface area (Å²) in [4.78, 5) is 11.0. The Balaban J connectivity index is 2.85. The third kappa shape index (κ3) is 2.87. The molecule has 0 aliphatic rings. The van der Waals surface area contributed by atoms with Crippen molar-refractivity contribution in [2.75, 3.05) is 7.11 Å². The fourth-order valence-electron chi connectivity index (χ4n) is 1.01. The molecule has 1 amide bonds. The summed E-state index contributed by atoms with van der Waals surface area (Å²) in [5, 5.41) is 0. The molecule has 15 heavy (non-hydrogen) atoms. The van der Waals surface area contributed by atoms with Gasteiger partial charge in [-0.1, -0.05) is 6.07 Å². The minimum Gasteiger partial charge on any atom is -0.497 e. The molecular weight excluding hydrogens is 194 g/mol. The zero-order valence-corrected chi connectivity index (χ0v) is 9.11. The largest absolute Gasteiger partial charge is 0.497 e. The zero-order valence-electron chi connectivity index (χ0n) is 9.11. The normalized spacial score (nSPS) is 10.9. The lowest BCUT2D eigenvalue weighted by Gasteiger charge is -2.22. The quantitative estimate of drug-likeness (QED) is 0.813. The van der Waals surface area contributed by atoms with E-state index in [1.165, 1.54) is 0 Å². The number of carbonyl (C=O) groups is 1. The summed E-state index contributed by atoms with van der Waals surface area (Å²) >= 11 is 0. The first-order valence-corrected chi connectivity index (χ1v) is 4.58. The predicted octanol–water partition coefficient (Wildman–Crippen LogP) is 1.34. The first-order chi connectivity index (χ1) is 6.95. The Morgan fingerprint density at radius 2 is 1.93 bits per heavy atom. The summed E-state index contributed by atoms with van der Waals surface area (Å²) < 4.78 is 10.5. The number of hydrogen-bond donors (Lipinski definition) is 1. The highest BCUT2D eigenvalue weighted by atomic mass is 16.5. The van der Waals surface area contributed by atoms with Crippen LogP contribution in [0.15, 0.2) is 24.3 Å².